The number of carbonyl (C=O) groups excluding carboxylic acids is 1. The number of ether oxygens (including phenoxy) is 1. The minimum Gasteiger partial charge on any atom is -0.381 e. The number of aryl methyl sites for hydroxylation is 1. The largest absolute Gasteiger partial charge is 0.381 e. The summed E-state index contributed by atoms with van der Waals surface area (Å²) in [7, 11) is 0. The number of alkyl halides is 1. The predicted octanol–water partition coefficient (Wildman–Crippen LogP) is 1.96. The van der Waals surface area contributed by atoms with Crippen molar-refractivity contribution in [2.24, 2.45) is 5.73 Å². The summed E-state index contributed by atoms with van der Waals surface area (Å²) in [5.74, 6) is -0.00269. The van der Waals surface area contributed by atoms with Gasteiger partial charge in [-0.25, -0.2) is 0 Å². The van der Waals surface area contributed by atoms with Gasteiger partial charge in [-0.1, -0.05) is 22.6 Å². The van der Waals surface area contributed by atoms with Crippen LogP contribution in [-0.4, -0.2) is 75.9 Å². The van der Waals surface area contributed by atoms with Crippen LogP contribution in [0.1, 0.15) is 34.8 Å². The highest BCUT2D eigenvalue weighted by molar-refractivity contribution is 14.1. The number of hydrogen-bond donors (Lipinski definition) is 3. The number of nitrogens with one attached hydrogen (secondary N) is 2. The molecule has 1 fully saturated rings. The number of halogens is 1. The number of amides is 1. The number of rotatable bonds is 9. The van der Waals surface area contributed by atoms with Crippen LogP contribution in [0.25, 0.3) is 21.8 Å². The van der Waals surface area contributed by atoms with E-state index in [0.717, 1.165) is 45.8 Å². The molecule has 1 aromatic carbocycles. The summed E-state index contributed by atoms with van der Waals surface area (Å²) in [6, 6.07) is 4.00. The van der Waals surface area contributed by atoms with E-state index < -0.39 is 0 Å². The molecule has 4 N–H and O–H groups in total. The molecule has 4 rings (SSSR count). The smallest absolute Gasteiger partial charge is 0.259 e. The Hall–Kier alpha value is -2.02. The normalized spacial score (nSPS) is 14.9. The number of hydrogen-bond acceptors (Lipinski definition) is 6. The van der Waals surface area contributed by atoms with Crippen LogP contribution in [0, 0.1) is 6.92 Å². The van der Waals surface area contributed by atoms with E-state index in [1.807, 2.05) is 28.6 Å². The number of H-pyrrole nitrogens is 1. The van der Waals surface area contributed by atoms with Crippen molar-refractivity contribution in [2.45, 2.75) is 25.8 Å². The van der Waals surface area contributed by atoms with Gasteiger partial charge in [-0.2, -0.15) is 5.10 Å². The quantitative estimate of drug-likeness (QED) is 0.207. The lowest BCUT2D eigenvalue weighted by atomic mass is 10.0. The fourth-order valence-corrected chi connectivity index (χ4v) is 5.04. The van der Waals surface area contributed by atoms with E-state index in [0.29, 0.717) is 50.3 Å². The maximum Gasteiger partial charge on any atom is 0.259 e. The third-order valence-corrected chi connectivity index (χ3v) is 6.68. The molecule has 3 aromatic rings. The van der Waals surface area contributed by atoms with Crippen LogP contribution in [-0.2, 0) is 4.74 Å². The molecule has 0 saturated carbocycles. The molecule has 1 amide bonds. The monoisotopic (exact) mass is 566 g/mol. The van der Waals surface area contributed by atoms with Crippen LogP contribution in [0.5, 0.6) is 0 Å². The molecule has 1 aliphatic heterocycles. The average molecular weight is 566 g/mol. The summed E-state index contributed by atoms with van der Waals surface area (Å²) in [6.07, 6.45) is 3.33. The van der Waals surface area contributed by atoms with Crippen molar-refractivity contribution in [3.63, 3.8) is 0 Å². The molecule has 0 bridgehead atoms. The van der Waals surface area contributed by atoms with Gasteiger partial charge >= 0.3 is 0 Å². The molecule has 10 heteroatoms. The highest BCUT2D eigenvalue weighted by Crippen LogP contribution is 2.30. The first-order valence-electron chi connectivity index (χ1n) is 11.4. The standard InChI is InChI=1S/C23H31IN6O3/c1-15-12-20-18(13-17(15)23(32)29(8-4-24)9-7-26-6-5-25)21-19(22(31)28-20)14-27-30(21)16-2-10-33-11-3-16/h12-14,16,26H,2-11,25H2,1H3,(H,28,31). The Balaban J connectivity index is 1.77. The third-order valence-electron chi connectivity index (χ3n) is 6.20. The van der Waals surface area contributed by atoms with Crippen LogP contribution >= 0.6 is 22.6 Å². The Morgan fingerprint density at radius 1 is 1.30 bits per heavy atom. The fraction of sp³-hybridized carbons (Fsp3) is 0.522. The second-order valence-corrected chi connectivity index (χ2v) is 9.46. The first-order valence-corrected chi connectivity index (χ1v) is 12.9. The van der Waals surface area contributed by atoms with E-state index in [4.69, 9.17) is 10.5 Å². The van der Waals surface area contributed by atoms with Gasteiger partial charge in [-0.15, -0.1) is 0 Å². The maximum absolute atomic E-state index is 13.6. The molecular weight excluding hydrogens is 535 g/mol. The molecule has 0 spiro atoms. The Labute approximate surface area is 206 Å². The van der Waals surface area contributed by atoms with Crippen molar-refractivity contribution in [3.8, 4) is 0 Å². The van der Waals surface area contributed by atoms with Gasteiger partial charge in [0.05, 0.1) is 28.7 Å². The summed E-state index contributed by atoms with van der Waals surface area (Å²) in [5.41, 5.74) is 8.40. The van der Waals surface area contributed by atoms with E-state index in [-0.39, 0.29) is 17.5 Å². The minimum absolute atomic E-state index is 0.00269. The fourth-order valence-electron chi connectivity index (χ4n) is 4.46. The lowest BCUT2D eigenvalue weighted by Crippen LogP contribution is -2.39. The first-order chi connectivity index (χ1) is 16.0. The van der Waals surface area contributed by atoms with Gasteiger partial charge in [-0.05, 0) is 37.5 Å². The molecule has 0 radical (unpaired) electrons. The van der Waals surface area contributed by atoms with Crippen molar-refractivity contribution in [3.05, 3.63) is 39.8 Å². The molecule has 2 aromatic heterocycles. The van der Waals surface area contributed by atoms with Crippen LogP contribution in [0.2, 0.25) is 0 Å². The zero-order valence-electron chi connectivity index (χ0n) is 18.9. The first kappa shape index (κ1) is 24.1. The summed E-state index contributed by atoms with van der Waals surface area (Å²) in [5, 5.41) is 9.23. The second-order valence-electron chi connectivity index (χ2n) is 8.38. The van der Waals surface area contributed by atoms with E-state index in [9.17, 15) is 9.59 Å². The van der Waals surface area contributed by atoms with Gasteiger partial charge in [0.25, 0.3) is 11.5 Å². The van der Waals surface area contributed by atoms with E-state index >= 15 is 0 Å². The van der Waals surface area contributed by atoms with E-state index in [1.54, 1.807) is 6.20 Å². The summed E-state index contributed by atoms with van der Waals surface area (Å²) in [4.78, 5) is 31.2. The molecule has 1 saturated heterocycles. The van der Waals surface area contributed by atoms with Crippen molar-refractivity contribution in [1.29, 1.82) is 0 Å². The molecule has 3 heterocycles. The number of carbonyl (C=O) groups is 1. The zero-order valence-corrected chi connectivity index (χ0v) is 21.1. The Morgan fingerprint density at radius 2 is 2.09 bits per heavy atom. The highest BCUT2D eigenvalue weighted by Gasteiger charge is 2.23. The number of nitrogens with two attached hydrogens (primary N) is 1. The molecule has 178 valence electrons. The van der Waals surface area contributed by atoms with Gasteiger partial charge < -0.3 is 25.7 Å². The highest BCUT2D eigenvalue weighted by atomic mass is 127. The average Bonchev–Trinajstić information content (AvgIpc) is 3.27. The van der Waals surface area contributed by atoms with Crippen molar-refractivity contribution >= 4 is 50.3 Å². The zero-order chi connectivity index (χ0) is 23.4. The van der Waals surface area contributed by atoms with Crippen LogP contribution in [0.3, 0.4) is 0 Å². The van der Waals surface area contributed by atoms with Gasteiger partial charge in [0.2, 0.25) is 0 Å². The van der Waals surface area contributed by atoms with Crippen molar-refractivity contribution in [1.82, 2.24) is 25.0 Å². The molecule has 0 unspecified atom stereocenters. The number of nitrogens with zero attached hydrogens (tertiary/aromatic N) is 3. The van der Waals surface area contributed by atoms with Gasteiger partial charge in [-0.3, -0.25) is 14.3 Å². The van der Waals surface area contributed by atoms with Gasteiger partial charge in [0.1, 0.15) is 0 Å². The number of aromatic amines is 1. The lowest BCUT2D eigenvalue weighted by molar-refractivity contribution is 0.0675. The molecule has 9 nitrogen and oxygen atoms in total. The minimum atomic E-state index is -0.160. The molecule has 33 heavy (non-hydrogen) atoms. The topological polar surface area (TPSA) is 118 Å². The molecule has 1 aliphatic rings. The molecule has 0 atom stereocenters. The Bertz CT molecular complexity index is 1180. The van der Waals surface area contributed by atoms with Crippen LogP contribution in [0.4, 0.5) is 0 Å². The number of aromatic nitrogens is 3. The second kappa shape index (κ2) is 10.9. The Kier molecular flexibility index (Phi) is 7.99. The Morgan fingerprint density at radius 3 is 2.82 bits per heavy atom. The maximum atomic E-state index is 13.6. The number of benzene rings is 1. The summed E-state index contributed by atoms with van der Waals surface area (Å²) >= 11 is 2.29. The van der Waals surface area contributed by atoms with Crippen molar-refractivity contribution in [2.75, 3.05) is 50.4 Å². The van der Waals surface area contributed by atoms with Gasteiger partial charge in [0, 0.05) is 61.3 Å². The van der Waals surface area contributed by atoms with Crippen LogP contribution in [0.15, 0.2) is 23.1 Å². The summed E-state index contributed by atoms with van der Waals surface area (Å²) < 4.78 is 8.32. The SMILES string of the molecule is Cc1cc2[nH]c(=O)c3cnn(C4CCOCC4)c3c2cc1C(=O)N(CCI)CCNCCN. The third kappa shape index (κ3) is 5.08. The number of pyridine rings is 1. The summed E-state index contributed by atoms with van der Waals surface area (Å²) in [6.45, 7) is 6.55. The van der Waals surface area contributed by atoms with Crippen molar-refractivity contribution < 1.29 is 9.53 Å². The predicted molar refractivity (Wildman–Crippen MR) is 138 cm³/mol. The number of fused-ring (bicyclic) bond motifs is 3. The van der Waals surface area contributed by atoms with Gasteiger partial charge in [0.15, 0.2) is 0 Å². The van der Waals surface area contributed by atoms with Crippen LogP contribution < -0.4 is 16.6 Å². The van der Waals surface area contributed by atoms with E-state index in [2.05, 4.69) is 38.0 Å². The lowest BCUT2D eigenvalue weighted by Gasteiger charge is -2.24. The molecule has 0 aliphatic carbocycles. The van der Waals surface area contributed by atoms with E-state index in [1.165, 1.54) is 0 Å². The molecular formula is C23H31IN6O3.